The molecule has 2 nitrogen and oxygen atoms in total. The van der Waals surface area contributed by atoms with Crippen LogP contribution in [0.1, 0.15) is 76.8 Å². The van der Waals surface area contributed by atoms with Crippen LogP contribution < -0.4 is 21.3 Å². The molecule has 2 atom stereocenters. The summed E-state index contributed by atoms with van der Waals surface area (Å²) in [7, 11) is 0. The number of para-hydroxylation sites is 3. The van der Waals surface area contributed by atoms with Crippen LogP contribution in [-0.4, -0.2) is 11.3 Å². The summed E-state index contributed by atoms with van der Waals surface area (Å²) in [5, 5.41) is 2.53. The van der Waals surface area contributed by atoms with Gasteiger partial charge in [-0.05, 0) is 149 Å². The smallest absolute Gasteiger partial charge is 0.247 e. The van der Waals surface area contributed by atoms with Crippen LogP contribution in [0.15, 0.2) is 267 Å². The summed E-state index contributed by atoms with van der Waals surface area (Å²) in [6.07, 6.45) is 0. The van der Waals surface area contributed by atoms with E-state index in [-0.39, 0.29) is 18.0 Å². The van der Waals surface area contributed by atoms with Crippen molar-refractivity contribution in [2.45, 2.75) is 44.4 Å². The van der Waals surface area contributed by atoms with Crippen molar-refractivity contribution in [3.05, 3.63) is 317 Å². The number of aromatic nitrogens is 1. The van der Waals surface area contributed by atoms with Crippen LogP contribution in [-0.2, 0) is 10.8 Å². The zero-order valence-electron chi connectivity index (χ0n) is 46.5. The van der Waals surface area contributed by atoms with E-state index in [0.717, 1.165) is 0 Å². The van der Waals surface area contributed by atoms with Crippen LogP contribution >= 0.6 is 0 Å². The molecule has 1 spiro atoms. The van der Waals surface area contributed by atoms with E-state index in [1.807, 2.05) is 0 Å². The topological polar surface area (TPSA) is 8.17 Å². The van der Waals surface area contributed by atoms with Crippen molar-refractivity contribution in [3.8, 4) is 50.2 Å². The Morgan fingerprint density at radius 1 is 0.378 bits per heavy atom. The van der Waals surface area contributed by atoms with E-state index in [2.05, 4.69) is 304 Å². The van der Waals surface area contributed by atoms with Gasteiger partial charge in [0.1, 0.15) is 0 Å². The lowest BCUT2D eigenvalue weighted by atomic mass is 9.30. The number of hydrogen-bond acceptors (Lipinski definition) is 1. The molecule has 2 aliphatic carbocycles. The van der Waals surface area contributed by atoms with Gasteiger partial charge in [0.2, 0.25) is 6.71 Å². The van der Waals surface area contributed by atoms with Crippen molar-refractivity contribution in [3.63, 3.8) is 0 Å². The predicted molar refractivity (Wildman–Crippen MR) is 345 cm³/mol. The molecular weight excluding hydrogens is 988 g/mol. The van der Waals surface area contributed by atoms with E-state index in [9.17, 15) is 0 Å². The second-order valence-electron chi connectivity index (χ2n) is 24.3. The maximum atomic E-state index is 2.70. The maximum absolute atomic E-state index is 2.70. The average Bonchev–Trinajstić information content (AvgIpc) is 1.52. The van der Waals surface area contributed by atoms with Gasteiger partial charge in [0.05, 0.1) is 22.1 Å². The van der Waals surface area contributed by atoms with E-state index in [0.29, 0.717) is 0 Å². The second-order valence-corrected chi connectivity index (χ2v) is 24.3. The quantitative estimate of drug-likeness (QED) is 0.156. The third-order valence-electron chi connectivity index (χ3n) is 19.0. The molecule has 0 saturated heterocycles. The molecule has 3 heteroatoms. The number of anilines is 3. The Morgan fingerprint density at radius 3 is 1.63 bits per heavy atom. The molecule has 0 N–H and O–H groups in total. The van der Waals surface area contributed by atoms with Crippen molar-refractivity contribution in [1.82, 2.24) is 4.57 Å². The van der Waals surface area contributed by atoms with Crippen molar-refractivity contribution in [1.29, 1.82) is 0 Å². The van der Waals surface area contributed by atoms with E-state index in [1.165, 1.54) is 156 Å². The third-order valence-corrected chi connectivity index (χ3v) is 19.0. The second kappa shape index (κ2) is 17.4. The Hall–Kier alpha value is -9.70. The lowest BCUT2D eigenvalue weighted by molar-refractivity contribution is 0.589. The zero-order chi connectivity index (χ0) is 54.6. The molecule has 2 aliphatic heterocycles. The minimum Gasteiger partial charge on any atom is -0.311 e. The number of nitrogens with zero attached hydrogens (tertiary/aromatic N) is 2. The van der Waals surface area contributed by atoms with Gasteiger partial charge in [0.15, 0.2) is 0 Å². The van der Waals surface area contributed by atoms with Gasteiger partial charge in [-0.2, -0.15) is 0 Å². The predicted octanol–water partition coefficient (Wildman–Crippen LogP) is 17.9. The van der Waals surface area contributed by atoms with Gasteiger partial charge in [-0.15, -0.1) is 0 Å². The van der Waals surface area contributed by atoms with Gasteiger partial charge in [0, 0.05) is 39.3 Å². The van der Waals surface area contributed by atoms with E-state index >= 15 is 0 Å². The average molecular weight is 1050 g/mol. The summed E-state index contributed by atoms with van der Waals surface area (Å²) < 4.78 is 2.49. The highest BCUT2D eigenvalue weighted by molar-refractivity contribution is 6.99. The summed E-state index contributed by atoms with van der Waals surface area (Å²) in [5.74, 6) is -0.0278. The van der Waals surface area contributed by atoms with Gasteiger partial charge in [-0.25, -0.2) is 0 Å². The minimum atomic E-state index is -0.626. The SMILES string of the molecule is Cc1ccc2c(c1)C(c1ccccc1-c1ccccc1)c1cc(C(C)(C)C)cc3c1B2c1cc2c(cc1N3c1ccccc1-c1ccccc1)C1(c3ccccc3-c3ccc(-n4c5ccccc5c5ccccc54)cc31)c1ccccc1-2. The highest BCUT2D eigenvalue weighted by Crippen LogP contribution is 2.64. The fourth-order valence-corrected chi connectivity index (χ4v) is 15.5. The summed E-state index contributed by atoms with van der Waals surface area (Å²) in [6.45, 7) is 9.40. The molecule has 3 heterocycles. The van der Waals surface area contributed by atoms with Gasteiger partial charge in [-0.3, -0.25) is 0 Å². The number of benzene rings is 12. The maximum Gasteiger partial charge on any atom is 0.247 e. The van der Waals surface area contributed by atoms with Crippen LogP contribution in [0.3, 0.4) is 0 Å². The molecule has 0 amide bonds. The van der Waals surface area contributed by atoms with Gasteiger partial charge < -0.3 is 9.47 Å². The fraction of sp³-hybridized carbons (Fsp3) is 0.0886. The van der Waals surface area contributed by atoms with Crippen molar-refractivity contribution >= 4 is 62.0 Å². The van der Waals surface area contributed by atoms with Crippen molar-refractivity contribution in [2.75, 3.05) is 4.90 Å². The standard InChI is InChI=1S/C79H57BN2/c1-49-39-42-69-63(43-49)76(61-33-12-11-27-54(61)50-23-7-5-8-24-50)64-44-52(78(2,3)4)45-75-77(64)80(69)70-47-62-57-30-14-19-35-66(57)79(68(62)48-74(70)82(75)71-36-20-15-28-55(71)51-25-9-6-10-26-51)65-34-18-13-29-56(65)58-41-40-53(46-67(58)79)81-72-37-21-16-31-59(72)60-32-17-22-38-73(60)81/h5-48,76H,1-4H3. The van der Waals surface area contributed by atoms with Gasteiger partial charge in [-0.1, -0.05) is 256 Å². The van der Waals surface area contributed by atoms with Crippen LogP contribution in [0, 0.1) is 6.92 Å². The normalized spacial score (nSPS) is 15.9. The third kappa shape index (κ3) is 6.48. The Bertz CT molecular complexity index is 4770. The molecule has 0 fully saturated rings. The minimum absolute atomic E-state index is 0.0278. The molecule has 0 radical (unpaired) electrons. The molecule has 2 unspecified atom stereocenters. The van der Waals surface area contributed by atoms with Gasteiger partial charge >= 0.3 is 0 Å². The van der Waals surface area contributed by atoms with Crippen molar-refractivity contribution < 1.29 is 0 Å². The van der Waals surface area contributed by atoms with E-state index < -0.39 is 5.41 Å². The van der Waals surface area contributed by atoms with E-state index in [1.54, 1.807) is 0 Å². The molecule has 386 valence electrons. The molecule has 12 aromatic carbocycles. The molecule has 17 rings (SSSR count). The Balaban J connectivity index is 1.00. The number of fused-ring (bicyclic) bond motifs is 17. The molecule has 13 aromatic rings. The molecular formula is C79H57BN2. The Morgan fingerprint density at radius 2 is 0.939 bits per heavy atom. The molecule has 0 bridgehead atoms. The molecule has 82 heavy (non-hydrogen) atoms. The summed E-state index contributed by atoms with van der Waals surface area (Å²) in [4.78, 5) is 2.70. The molecule has 4 aliphatic rings. The van der Waals surface area contributed by atoms with Crippen LogP contribution in [0.5, 0.6) is 0 Å². The molecule has 0 saturated carbocycles. The highest BCUT2D eigenvalue weighted by atomic mass is 15.2. The van der Waals surface area contributed by atoms with Crippen LogP contribution in [0.4, 0.5) is 17.1 Å². The number of rotatable bonds is 5. The Kier molecular flexibility index (Phi) is 10.0. The summed E-state index contributed by atoms with van der Waals surface area (Å²) >= 11 is 0. The first-order valence-electron chi connectivity index (χ1n) is 29.1. The molecule has 1 aromatic heterocycles. The first kappa shape index (κ1) is 47.1. The fourth-order valence-electron chi connectivity index (χ4n) is 15.5. The van der Waals surface area contributed by atoms with Gasteiger partial charge in [0.25, 0.3) is 0 Å². The largest absolute Gasteiger partial charge is 0.311 e. The first-order valence-corrected chi connectivity index (χ1v) is 29.1. The van der Waals surface area contributed by atoms with E-state index in [4.69, 9.17) is 0 Å². The number of hydrogen-bond donors (Lipinski definition) is 0. The van der Waals surface area contributed by atoms with Crippen molar-refractivity contribution in [2.24, 2.45) is 0 Å². The van der Waals surface area contributed by atoms with Crippen LogP contribution in [0.2, 0.25) is 0 Å². The first-order chi connectivity index (χ1) is 40.3. The number of aryl methyl sites for hydroxylation is 1. The zero-order valence-corrected chi connectivity index (χ0v) is 46.5. The summed E-state index contributed by atoms with van der Waals surface area (Å²) in [6, 6.07) is 102. The lowest BCUT2D eigenvalue weighted by Gasteiger charge is -2.45. The summed E-state index contributed by atoms with van der Waals surface area (Å²) in [5.41, 5.74) is 32.6. The highest BCUT2D eigenvalue weighted by Gasteiger charge is 2.54. The monoisotopic (exact) mass is 1040 g/mol. The Labute approximate surface area is 480 Å². The van der Waals surface area contributed by atoms with Crippen LogP contribution in [0.25, 0.3) is 72.0 Å². The lowest BCUT2D eigenvalue weighted by Crippen LogP contribution is -2.62.